The largest absolute Gasteiger partial charge is 0.495 e. The van der Waals surface area contributed by atoms with Crippen molar-refractivity contribution in [2.75, 3.05) is 17.7 Å². The number of carbonyl (C=O) groups excluding carboxylic acids is 1. The molecule has 0 aliphatic heterocycles. The molecule has 0 aliphatic carbocycles. The highest BCUT2D eigenvalue weighted by molar-refractivity contribution is 6.04. The molecule has 28 heavy (non-hydrogen) atoms. The van der Waals surface area contributed by atoms with Crippen molar-refractivity contribution in [3.8, 4) is 5.75 Å². The molecule has 0 aliphatic rings. The minimum Gasteiger partial charge on any atom is -0.495 e. The van der Waals surface area contributed by atoms with E-state index in [1.165, 1.54) is 0 Å². The fourth-order valence-electron chi connectivity index (χ4n) is 2.99. The molecule has 0 unspecified atom stereocenters. The molecule has 3 aromatic rings. The van der Waals surface area contributed by atoms with Gasteiger partial charge in [-0.15, -0.1) is 0 Å². The quantitative estimate of drug-likeness (QED) is 0.674. The van der Waals surface area contributed by atoms with Crippen LogP contribution in [0, 0.1) is 27.7 Å². The first-order chi connectivity index (χ1) is 13.4. The van der Waals surface area contributed by atoms with Crippen molar-refractivity contribution in [3.63, 3.8) is 0 Å². The van der Waals surface area contributed by atoms with Crippen LogP contribution in [-0.4, -0.2) is 23.0 Å². The smallest absolute Gasteiger partial charge is 0.274 e. The Kier molecular flexibility index (Phi) is 5.59. The molecule has 0 atom stereocenters. The molecule has 6 heteroatoms. The first-order valence-electron chi connectivity index (χ1n) is 9.02. The Morgan fingerprint density at radius 1 is 0.964 bits per heavy atom. The fourth-order valence-corrected chi connectivity index (χ4v) is 2.99. The van der Waals surface area contributed by atoms with Gasteiger partial charge in [-0.3, -0.25) is 4.79 Å². The Morgan fingerprint density at radius 3 is 2.36 bits per heavy atom. The van der Waals surface area contributed by atoms with Gasteiger partial charge in [0.2, 0.25) is 0 Å². The average molecular weight is 376 g/mol. The zero-order valence-corrected chi connectivity index (χ0v) is 16.8. The molecule has 0 saturated carbocycles. The van der Waals surface area contributed by atoms with Crippen molar-refractivity contribution >= 4 is 23.1 Å². The van der Waals surface area contributed by atoms with Gasteiger partial charge in [-0.2, -0.15) is 0 Å². The zero-order valence-electron chi connectivity index (χ0n) is 16.8. The van der Waals surface area contributed by atoms with Crippen molar-refractivity contribution < 1.29 is 9.53 Å². The van der Waals surface area contributed by atoms with Crippen molar-refractivity contribution in [2.24, 2.45) is 0 Å². The van der Waals surface area contributed by atoms with Crippen LogP contribution in [-0.2, 0) is 0 Å². The molecule has 1 heterocycles. The van der Waals surface area contributed by atoms with Crippen molar-refractivity contribution in [1.29, 1.82) is 0 Å². The molecule has 6 nitrogen and oxygen atoms in total. The maximum Gasteiger partial charge on any atom is 0.274 e. The van der Waals surface area contributed by atoms with Gasteiger partial charge in [0.05, 0.1) is 12.8 Å². The number of para-hydroxylation sites is 1. The molecule has 2 aromatic carbocycles. The number of rotatable bonds is 5. The Labute approximate surface area is 165 Å². The Hall–Kier alpha value is -3.41. The monoisotopic (exact) mass is 376 g/mol. The van der Waals surface area contributed by atoms with Crippen molar-refractivity contribution in [3.05, 3.63) is 70.7 Å². The molecule has 0 fully saturated rings. The summed E-state index contributed by atoms with van der Waals surface area (Å²) in [4.78, 5) is 21.5. The highest BCUT2D eigenvalue weighted by atomic mass is 16.5. The van der Waals surface area contributed by atoms with Crippen LogP contribution in [0.4, 0.5) is 17.2 Å². The van der Waals surface area contributed by atoms with Gasteiger partial charge in [-0.05, 0) is 56.5 Å². The molecule has 0 bridgehead atoms. The number of anilines is 3. The highest BCUT2D eigenvalue weighted by Gasteiger charge is 2.14. The maximum absolute atomic E-state index is 12.8. The predicted molar refractivity (Wildman–Crippen MR) is 112 cm³/mol. The third kappa shape index (κ3) is 4.28. The van der Waals surface area contributed by atoms with Crippen LogP contribution >= 0.6 is 0 Å². The van der Waals surface area contributed by atoms with E-state index in [0.29, 0.717) is 23.1 Å². The van der Waals surface area contributed by atoms with Crippen LogP contribution in [0.1, 0.15) is 33.0 Å². The van der Waals surface area contributed by atoms with E-state index in [0.717, 1.165) is 22.4 Å². The van der Waals surface area contributed by atoms with E-state index in [1.54, 1.807) is 20.1 Å². The number of methoxy groups -OCH3 is 1. The number of ether oxygens (including phenoxy) is 1. The number of hydrogen-bond donors (Lipinski definition) is 2. The third-order valence-corrected chi connectivity index (χ3v) is 4.41. The normalized spacial score (nSPS) is 10.5. The Bertz CT molecular complexity index is 1010. The summed E-state index contributed by atoms with van der Waals surface area (Å²) in [6.45, 7) is 7.78. The van der Waals surface area contributed by atoms with Gasteiger partial charge in [-0.1, -0.05) is 24.3 Å². The lowest BCUT2D eigenvalue weighted by Gasteiger charge is -2.14. The summed E-state index contributed by atoms with van der Waals surface area (Å²) in [6, 6.07) is 13.3. The van der Waals surface area contributed by atoms with Crippen molar-refractivity contribution in [2.45, 2.75) is 27.7 Å². The molecule has 144 valence electrons. The number of nitrogens with one attached hydrogen (secondary N) is 2. The number of hydrogen-bond acceptors (Lipinski definition) is 5. The van der Waals surface area contributed by atoms with Crippen LogP contribution < -0.4 is 15.4 Å². The lowest BCUT2D eigenvalue weighted by molar-refractivity contribution is 0.102. The lowest BCUT2D eigenvalue weighted by atomic mass is 10.1. The van der Waals surface area contributed by atoms with E-state index in [4.69, 9.17) is 4.74 Å². The molecular formula is C22H24N4O2. The average Bonchev–Trinajstić information content (AvgIpc) is 2.64. The van der Waals surface area contributed by atoms with Gasteiger partial charge < -0.3 is 15.4 Å². The summed E-state index contributed by atoms with van der Waals surface area (Å²) < 4.78 is 5.33. The standard InChI is InChI=1S/C22H24N4O2/c1-13-9-10-19(28-5)17(11-13)25-22(27)18-12-20(24-16(4)23-18)26-21-14(2)7-6-8-15(21)3/h6-12H,1-5H3,(H,25,27)(H,23,24,26). The summed E-state index contributed by atoms with van der Waals surface area (Å²) >= 11 is 0. The van der Waals surface area contributed by atoms with E-state index in [-0.39, 0.29) is 11.6 Å². The summed E-state index contributed by atoms with van der Waals surface area (Å²) in [5.74, 6) is 1.36. The number of benzene rings is 2. The van der Waals surface area contributed by atoms with E-state index in [1.807, 2.05) is 57.2 Å². The second-order valence-electron chi connectivity index (χ2n) is 6.74. The molecule has 1 amide bonds. The van der Waals surface area contributed by atoms with E-state index >= 15 is 0 Å². The molecule has 0 radical (unpaired) electrons. The first kappa shape index (κ1) is 19.4. The van der Waals surface area contributed by atoms with Gasteiger partial charge >= 0.3 is 0 Å². The lowest BCUT2D eigenvalue weighted by Crippen LogP contribution is -2.16. The van der Waals surface area contributed by atoms with Crippen LogP contribution in [0.5, 0.6) is 5.75 Å². The number of nitrogens with zero attached hydrogens (tertiary/aromatic N) is 2. The molecular weight excluding hydrogens is 352 g/mol. The minimum absolute atomic E-state index is 0.282. The van der Waals surface area contributed by atoms with Crippen LogP contribution in [0.2, 0.25) is 0 Å². The Balaban J connectivity index is 1.89. The second kappa shape index (κ2) is 8.08. The van der Waals surface area contributed by atoms with Gasteiger partial charge in [0.15, 0.2) is 0 Å². The minimum atomic E-state index is -0.320. The highest BCUT2D eigenvalue weighted by Crippen LogP contribution is 2.27. The summed E-state index contributed by atoms with van der Waals surface area (Å²) in [7, 11) is 1.57. The second-order valence-corrected chi connectivity index (χ2v) is 6.74. The van der Waals surface area contributed by atoms with Gasteiger partial charge in [0, 0.05) is 11.8 Å². The molecule has 0 spiro atoms. The Morgan fingerprint density at radius 2 is 1.68 bits per heavy atom. The zero-order chi connectivity index (χ0) is 20.3. The van der Waals surface area contributed by atoms with E-state index in [2.05, 4.69) is 20.6 Å². The summed E-state index contributed by atoms with van der Waals surface area (Å²) in [5.41, 5.74) is 5.09. The van der Waals surface area contributed by atoms with Gasteiger partial charge in [0.1, 0.15) is 23.1 Å². The molecule has 1 aromatic heterocycles. The number of aromatic nitrogens is 2. The number of carbonyl (C=O) groups is 1. The fraction of sp³-hybridized carbons (Fsp3) is 0.227. The summed E-state index contributed by atoms with van der Waals surface area (Å²) in [5, 5.41) is 6.19. The van der Waals surface area contributed by atoms with Crippen LogP contribution in [0.25, 0.3) is 0 Å². The summed E-state index contributed by atoms with van der Waals surface area (Å²) in [6.07, 6.45) is 0. The number of amides is 1. The van der Waals surface area contributed by atoms with Crippen molar-refractivity contribution in [1.82, 2.24) is 9.97 Å². The van der Waals surface area contributed by atoms with Crippen LogP contribution in [0.15, 0.2) is 42.5 Å². The first-order valence-corrected chi connectivity index (χ1v) is 9.02. The van der Waals surface area contributed by atoms with Gasteiger partial charge in [-0.25, -0.2) is 9.97 Å². The SMILES string of the molecule is COc1ccc(C)cc1NC(=O)c1cc(Nc2c(C)cccc2C)nc(C)n1. The molecule has 2 N–H and O–H groups in total. The molecule has 3 rings (SSSR count). The number of aryl methyl sites for hydroxylation is 4. The van der Waals surface area contributed by atoms with Crippen LogP contribution in [0.3, 0.4) is 0 Å². The van der Waals surface area contributed by atoms with Gasteiger partial charge in [0.25, 0.3) is 5.91 Å². The maximum atomic E-state index is 12.8. The predicted octanol–water partition coefficient (Wildman–Crippen LogP) is 4.71. The third-order valence-electron chi connectivity index (χ3n) is 4.41. The van der Waals surface area contributed by atoms with E-state index < -0.39 is 0 Å². The molecule has 0 saturated heterocycles. The topological polar surface area (TPSA) is 76.1 Å². The van der Waals surface area contributed by atoms with E-state index in [9.17, 15) is 4.79 Å².